The normalized spacial score (nSPS) is 32.8. The third-order valence-electron chi connectivity index (χ3n) is 3.14. The quantitative estimate of drug-likeness (QED) is 0.441. The van der Waals surface area contributed by atoms with Crippen molar-refractivity contribution < 1.29 is 14.4 Å². The van der Waals surface area contributed by atoms with Crippen molar-refractivity contribution in [1.29, 1.82) is 0 Å². The Balaban J connectivity index is 2.10. The first kappa shape index (κ1) is 11.8. The molecule has 0 aromatic carbocycles. The molecule has 6 heteroatoms. The van der Waals surface area contributed by atoms with E-state index < -0.39 is 17.9 Å². The van der Waals surface area contributed by atoms with Crippen LogP contribution in [0.1, 0.15) is 13.3 Å². The molecule has 17 heavy (non-hydrogen) atoms. The Morgan fingerprint density at radius 1 is 1.47 bits per heavy atom. The molecule has 3 unspecified atom stereocenters. The topological polar surface area (TPSA) is 92.5 Å². The average Bonchev–Trinajstić information content (AvgIpc) is 2.69. The van der Waals surface area contributed by atoms with E-state index in [0.29, 0.717) is 6.42 Å². The zero-order valence-electron chi connectivity index (χ0n) is 9.55. The van der Waals surface area contributed by atoms with E-state index in [4.69, 9.17) is 5.73 Å². The van der Waals surface area contributed by atoms with Crippen molar-refractivity contribution in [3.63, 3.8) is 0 Å². The van der Waals surface area contributed by atoms with Crippen LogP contribution < -0.4 is 11.1 Å². The molecule has 0 spiro atoms. The number of nitrogens with two attached hydrogens (primary N) is 1. The first-order chi connectivity index (χ1) is 7.99. The highest BCUT2D eigenvalue weighted by Gasteiger charge is 2.37. The van der Waals surface area contributed by atoms with Crippen molar-refractivity contribution in [1.82, 2.24) is 10.2 Å². The molecule has 2 rings (SSSR count). The molecule has 1 saturated heterocycles. The molecule has 2 aliphatic rings. The largest absolute Gasteiger partial charge is 0.324 e. The van der Waals surface area contributed by atoms with Crippen LogP contribution >= 0.6 is 0 Å². The SMILES string of the molecule is CC1C(=O)NC(=O)CN1C(=O)C1C=CC(N)C1. The number of hydrogen-bond acceptors (Lipinski definition) is 4. The Morgan fingerprint density at radius 3 is 2.76 bits per heavy atom. The molecule has 6 nitrogen and oxygen atoms in total. The number of rotatable bonds is 1. The van der Waals surface area contributed by atoms with Gasteiger partial charge in [0.15, 0.2) is 0 Å². The van der Waals surface area contributed by atoms with Crippen LogP contribution in [0.3, 0.4) is 0 Å². The van der Waals surface area contributed by atoms with Crippen molar-refractivity contribution in [2.24, 2.45) is 11.7 Å². The number of amides is 3. The van der Waals surface area contributed by atoms with Gasteiger partial charge in [-0.15, -0.1) is 0 Å². The molecule has 0 aromatic heterocycles. The fourth-order valence-electron chi connectivity index (χ4n) is 2.11. The summed E-state index contributed by atoms with van der Waals surface area (Å²) in [7, 11) is 0. The predicted octanol–water partition coefficient (Wildman–Crippen LogP) is -1.24. The molecule has 1 heterocycles. The number of piperazine rings is 1. The minimum absolute atomic E-state index is 0.0642. The van der Waals surface area contributed by atoms with Crippen molar-refractivity contribution in [2.75, 3.05) is 6.54 Å². The molecular formula is C11H15N3O3. The third-order valence-corrected chi connectivity index (χ3v) is 3.14. The van der Waals surface area contributed by atoms with Gasteiger partial charge in [-0.05, 0) is 13.3 Å². The van der Waals surface area contributed by atoms with Crippen molar-refractivity contribution in [3.8, 4) is 0 Å². The summed E-state index contributed by atoms with van der Waals surface area (Å²) in [6, 6.07) is -0.723. The summed E-state index contributed by atoms with van der Waals surface area (Å²) in [4.78, 5) is 36.1. The van der Waals surface area contributed by atoms with Gasteiger partial charge in [-0.2, -0.15) is 0 Å². The number of nitrogens with one attached hydrogen (secondary N) is 1. The standard InChI is InChI=1S/C11H15N3O3/c1-6-10(16)13-9(15)5-14(6)11(17)7-2-3-8(12)4-7/h2-3,6-8H,4-5,12H2,1H3,(H,13,15,16). The zero-order valence-corrected chi connectivity index (χ0v) is 9.55. The van der Waals surface area contributed by atoms with Crippen LogP contribution in [0.2, 0.25) is 0 Å². The smallest absolute Gasteiger partial charge is 0.249 e. The summed E-state index contributed by atoms with van der Waals surface area (Å²) in [5.41, 5.74) is 5.68. The Hall–Kier alpha value is -1.69. The average molecular weight is 237 g/mol. The summed E-state index contributed by atoms with van der Waals surface area (Å²) in [6.45, 7) is 1.55. The number of hydrogen-bond donors (Lipinski definition) is 2. The fourth-order valence-corrected chi connectivity index (χ4v) is 2.11. The Bertz CT molecular complexity index is 405. The molecule has 0 radical (unpaired) electrons. The maximum Gasteiger partial charge on any atom is 0.249 e. The molecule has 0 saturated carbocycles. The van der Waals surface area contributed by atoms with E-state index in [0.717, 1.165) is 0 Å². The van der Waals surface area contributed by atoms with Crippen LogP contribution in [0.15, 0.2) is 12.2 Å². The van der Waals surface area contributed by atoms with Crippen molar-refractivity contribution >= 4 is 17.7 Å². The van der Waals surface area contributed by atoms with Gasteiger partial charge in [-0.3, -0.25) is 19.7 Å². The molecule has 0 aromatic rings. The van der Waals surface area contributed by atoms with Gasteiger partial charge in [0.25, 0.3) is 0 Å². The summed E-state index contributed by atoms with van der Waals surface area (Å²) in [5.74, 6) is -1.38. The maximum absolute atomic E-state index is 12.1. The van der Waals surface area contributed by atoms with Gasteiger partial charge < -0.3 is 10.6 Å². The van der Waals surface area contributed by atoms with Gasteiger partial charge >= 0.3 is 0 Å². The molecule has 0 bridgehead atoms. The number of imide groups is 1. The van der Waals surface area contributed by atoms with Crippen LogP contribution in [-0.2, 0) is 14.4 Å². The summed E-state index contributed by atoms with van der Waals surface area (Å²) >= 11 is 0. The van der Waals surface area contributed by atoms with Gasteiger partial charge in [0, 0.05) is 6.04 Å². The third kappa shape index (κ3) is 2.21. The summed E-state index contributed by atoms with van der Waals surface area (Å²) in [6.07, 6.45) is 4.06. The number of nitrogens with zero attached hydrogens (tertiary/aromatic N) is 1. The number of carbonyl (C=O) groups excluding carboxylic acids is 3. The molecule has 1 fully saturated rings. The van der Waals surface area contributed by atoms with Gasteiger partial charge in [-0.25, -0.2) is 0 Å². The van der Waals surface area contributed by atoms with Gasteiger partial charge in [0.2, 0.25) is 17.7 Å². The fraction of sp³-hybridized carbons (Fsp3) is 0.545. The van der Waals surface area contributed by atoms with E-state index in [-0.39, 0.29) is 24.4 Å². The predicted molar refractivity (Wildman–Crippen MR) is 59.5 cm³/mol. The van der Waals surface area contributed by atoms with E-state index in [1.807, 2.05) is 0 Å². The summed E-state index contributed by atoms with van der Waals surface area (Å²) < 4.78 is 0. The summed E-state index contributed by atoms with van der Waals surface area (Å²) in [5, 5.41) is 2.20. The Labute approximate surface area is 98.8 Å². The molecule has 1 aliphatic heterocycles. The molecule has 3 N–H and O–H groups in total. The van der Waals surface area contributed by atoms with Crippen molar-refractivity contribution in [2.45, 2.75) is 25.4 Å². The molecule has 3 amide bonds. The number of carbonyl (C=O) groups is 3. The van der Waals surface area contributed by atoms with Crippen LogP contribution in [0.4, 0.5) is 0 Å². The lowest BCUT2D eigenvalue weighted by molar-refractivity contribution is -0.150. The minimum Gasteiger partial charge on any atom is -0.324 e. The van der Waals surface area contributed by atoms with Gasteiger partial charge in [0.1, 0.15) is 12.6 Å². The van der Waals surface area contributed by atoms with E-state index in [2.05, 4.69) is 5.32 Å². The van der Waals surface area contributed by atoms with E-state index >= 15 is 0 Å². The van der Waals surface area contributed by atoms with E-state index in [1.165, 1.54) is 4.90 Å². The Kier molecular flexibility index (Phi) is 2.97. The molecule has 92 valence electrons. The van der Waals surface area contributed by atoms with E-state index in [9.17, 15) is 14.4 Å². The van der Waals surface area contributed by atoms with Crippen LogP contribution in [0, 0.1) is 5.92 Å². The molecule has 1 aliphatic carbocycles. The second kappa shape index (κ2) is 4.29. The first-order valence-electron chi connectivity index (χ1n) is 5.57. The van der Waals surface area contributed by atoms with Crippen LogP contribution in [-0.4, -0.2) is 41.2 Å². The minimum atomic E-state index is -0.606. The lowest BCUT2D eigenvalue weighted by atomic mass is 10.0. The molecule has 3 atom stereocenters. The maximum atomic E-state index is 12.1. The second-order valence-corrected chi connectivity index (χ2v) is 4.45. The van der Waals surface area contributed by atoms with Gasteiger partial charge in [-0.1, -0.05) is 12.2 Å². The highest BCUT2D eigenvalue weighted by Crippen LogP contribution is 2.21. The van der Waals surface area contributed by atoms with Crippen molar-refractivity contribution in [3.05, 3.63) is 12.2 Å². The lowest BCUT2D eigenvalue weighted by Gasteiger charge is -2.33. The highest BCUT2D eigenvalue weighted by molar-refractivity contribution is 6.04. The van der Waals surface area contributed by atoms with Crippen LogP contribution in [0.5, 0.6) is 0 Å². The Morgan fingerprint density at radius 2 is 2.18 bits per heavy atom. The first-order valence-corrected chi connectivity index (χ1v) is 5.57. The lowest BCUT2D eigenvalue weighted by Crippen LogP contribution is -2.59. The van der Waals surface area contributed by atoms with Gasteiger partial charge in [0.05, 0.1) is 5.92 Å². The highest BCUT2D eigenvalue weighted by atomic mass is 16.2. The second-order valence-electron chi connectivity index (χ2n) is 4.45. The van der Waals surface area contributed by atoms with Crippen LogP contribution in [0.25, 0.3) is 0 Å². The molecular weight excluding hydrogens is 222 g/mol. The van der Waals surface area contributed by atoms with E-state index in [1.54, 1.807) is 19.1 Å². The monoisotopic (exact) mass is 237 g/mol. The zero-order chi connectivity index (χ0) is 12.6.